The molecule has 31 heavy (non-hydrogen) atoms. The van der Waals surface area contributed by atoms with Crippen LogP contribution in [0.25, 0.3) is 11.0 Å². The first-order valence-electron chi connectivity index (χ1n) is 10.8. The van der Waals surface area contributed by atoms with E-state index in [2.05, 4.69) is 0 Å². The zero-order valence-corrected chi connectivity index (χ0v) is 18.9. The number of hydrogen-bond donors (Lipinski definition) is 0. The van der Waals surface area contributed by atoms with Gasteiger partial charge in [-0.3, -0.25) is 9.59 Å². The van der Waals surface area contributed by atoms with Gasteiger partial charge in [-0.1, -0.05) is 27.7 Å². The number of esters is 2. The Hall–Kier alpha value is -2.83. The average molecular weight is 430 g/mol. The molecule has 2 heterocycles. The van der Waals surface area contributed by atoms with E-state index in [1.807, 2.05) is 13.8 Å². The van der Waals surface area contributed by atoms with Crippen LogP contribution in [-0.2, 0) is 19.1 Å². The summed E-state index contributed by atoms with van der Waals surface area (Å²) >= 11 is 0. The first-order valence-corrected chi connectivity index (χ1v) is 10.8. The maximum absolute atomic E-state index is 12.8. The lowest BCUT2D eigenvalue weighted by molar-refractivity contribution is -0.194. The van der Waals surface area contributed by atoms with Crippen molar-refractivity contribution in [3.05, 3.63) is 40.2 Å². The first-order chi connectivity index (χ1) is 14.6. The molecule has 1 aromatic heterocycles. The largest absolute Gasteiger partial charge is 0.483 e. The van der Waals surface area contributed by atoms with Gasteiger partial charge in [-0.05, 0) is 44.9 Å². The molecule has 7 nitrogen and oxygen atoms in total. The molecule has 4 atom stereocenters. The van der Waals surface area contributed by atoms with Crippen LogP contribution in [0, 0.1) is 11.8 Å². The van der Waals surface area contributed by atoms with Gasteiger partial charge < -0.3 is 18.6 Å². The van der Waals surface area contributed by atoms with E-state index in [0.717, 1.165) is 0 Å². The fraction of sp³-hybridized carbons (Fsp3) is 0.542. The minimum absolute atomic E-state index is 0.257. The zero-order chi connectivity index (χ0) is 22.9. The second-order valence-electron chi connectivity index (χ2n) is 8.69. The predicted molar refractivity (Wildman–Crippen MR) is 115 cm³/mol. The number of rotatable bonds is 6. The van der Waals surface area contributed by atoms with Crippen LogP contribution in [-0.4, -0.2) is 23.6 Å². The number of carbonyl (C=O) groups is 2. The highest BCUT2D eigenvalue weighted by Gasteiger charge is 2.50. The van der Waals surface area contributed by atoms with Crippen molar-refractivity contribution in [2.24, 2.45) is 11.8 Å². The Balaban J connectivity index is 2.18. The van der Waals surface area contributed by atoms with Gasteiger partial charge in [0, 0.05) is 11.5 Å². The first kappa shape index (κ1) is 22.8. The van der Waals surface area contributed by atoms with Crippen LogP contribution in [0.5, 0.6) is 5.75 Å². The van der Waals surface area contributed by atoms with Gasteiger partial charge in [-0.15, -0.1) is 0 Å². The summed E-state index contributed by atoms with van der Waals surface area (Å²) in [6.45, 7) is 10.9. The van der Waals surface area contributed by atoms with Gasteiger partial charge in [-0.2, -0.15) is 0 Å². The van der Waals surface area contributed by atoms with E-state index in [-0.39, 0.29) is 17.4 Å². The summed E-state index contributed by atoms with van der Waals surface area (Å²) in [6.07, 6.45) is -0.702. The molecule has 7 heteroatoms. The van der Waals surface area contributed by atoms with Crippen molar-refractivity contribution in [3.8, 4) is 5.75 Å². The number of fused-ring (bicyclic) bond motifs is 3. The molecule has 0 saturated heterocycles. The van der Waals surface area contributed by atoms with E-state index < -0.39 is 35.4 Å². The highest BCUT2D eigenvalue weighted by atomic mass is 16.6. The molecule has 0 aliphatic carbocycles. The summed E-state index contributed by atoms with van der Waals surface area (Å²) in [5, 5.41) is 0.651. The molecule has 0 radical (unpaired) electrons. The monoisotopic (exact) mass is 430 g/mol. The van der Waals surface area contributed by atoms with Crippen molar-refractivity contribution in [2.75, 3.05) is 0 Å². The molecule has 168 valence electrons. The van der Waals surface area contributed by atoms with E-state index in [0.29, 0.717) is 29.5 Å². The van der Waals surface area contributed by atoms with Crippen molar-refractivity contribution in [3.63, 3.8) is 0 Å². The van der Waals surface area contributed by atoms with Crippen LogP contribution in [0.4, 0.5) is 0 Å². The van der Waals surface area contributed by atoms with Gasteiger partial charge in [0.2, 0.25) is 0 Å². The Labute approximate surface area is 181 Å². The van der Waals surface area contributed by atoms with Gasteiger partial charge in [0.15, 0.2) is 12.2 Å². The summed E-state index contributed by atoms with van der Waals surface area (Å²) in [4.78, 5) is 37.4. The third kappa shape index (κ3) is 4.45. The molecular weight excluding hydrogens is 400 g/mol. The predicted octanol–water partition coefficient (Wildman–Crippen LogP) is 4.55. The Morgan fingerprint density at radius 2 is 1.58 bits per heavy atom. The standard InChI is InChI=1S/C24H30O7/c1-7-13(3)22(26)29-20-18-16(11-9-15-10-12-17(25)28-19(15)18)31-24(5,6)21(20)30-23(27)14(4)8-2/h9-14,20-21H,7-8H2,1-6H3/t13?,14?,20-,21-/m0/s1. The molecule has 2 unspecified atom stereocenters. The van der Waals surface area contributed by atoms with Gasteiger partial charge in [0.25, 0.3) is 0 Å². The van der Waals surface area contributed by atoms with E-state index in [1.165, 1.54) is 6.07 Å². The van der Waals surface area contributed by atoms with Crippen LogP contribution in [0.1, 0.15) is 66.1 Å². The fourth-order valence-corrected chi connectivity index (χ4v) is 3.49. The Bertz CT molecular complexity index is 1040. The number of benzene rings is 1. The molecule has 0 amide bonds. The lowest BCUT2D eigenvalue weighted by atomic mass is 9.87. The third-order valence-electron chi connectivity index (χ3n) is 5.92. The van der Waals surface area contributed by atoms with Crippen molar-refractivity contribution < 1.29 is 28.2 Å². The van der Waals surface area contributed by atoms with Crippen molar-refractivity contribution in [1.82, 2.24) is 0 Å². The van der Waals surface area contributed by atoms with Crippen LogP contribution >= 0.6 is 0 Å². The van der Waals surface area contributed by atoms with Crippen molar-refractivity contribution in [2.45, 2.75) is 72.2 Å². The molecular formula is C24H30O7. The lowest BCUT2D eigenvalue weighted by Gasteiger charge is -2.43. The summed E-state index contributed by atoms with van der Waals surface area (Å²) in [7, 11) is 0. The normalized spacial score (nSPS) is 21.5. The molecule has 0 fully saturated rings. The maximum Gasteiger partial charge on any atom is 0.336 e. The SMILES string of the molecule is CCC(C)C(=O)O[C@H]1c2c(ccc3ccc(=O)oc23)OC(C)(C)[C@H]1OC(=O)C(C)CC. The van der Waals surface area contributed by atoms with Gasteiger partial charge >= 0.3 is 17.6 Å². The van der Waals surface area contributed by atoms with E-state index in [4.69, 9.17) is 18.6 Å². The number of hydrogen-bond acceptors (Lipinski definition) is 7. The highest BCUT2D eigenvalue weighted by Crippen LogP contribution is 2.46. The quantitative estimate of drug-likeness (QED) is 0.490. The topological polar surface area (TPSA) is 92.0 Å². The summed E-state index contributed by atoms with van der Waals surface area (Å²) in [6, 6.07) is 6.47. The summed E-state index contributed by atoms with van der Waals surface area (Å²) in [5.74, 6) is -1.07. The molecule has 3 rings (SSSR count). The summed E-state index contributed by atoms with van der Waals surface area (Å²) in [5.41, 5.74) is -0.870. The highest BCUT2D eigenvalue weighted by molar-refractivity contribution is 5.84. The minimum atomic E-state index is -0.987. The molecule has 2 aromatic rings. The van der Waals surface area contributed by atoms with E-state index in [9.17, 15) is 14.4 Å². The second-order valence-corrected chi connectivity index (χ2v) is 8.69. The average Bonchev–Trinajstić information content (AvgIpc) is 2.73. The molecule has 1 aromatic carbocycles. The van der Waals surface area contributed by atoms with Gasteiger partial charge in [0.1, 0.15) is 16.9 Å². The molecule has 0 bridgehead atoms. The minimum Gasteiger partial charge on any atom is -0.483 e. The lowest BCUT2D eigenvalue weighted by Crippen LogP contribution is -2.52. The van der Waals surface area contributed by atoms with Crippen LogP contribution < -0.4 is 10.4 Å². The van der Waals surface area contributed by atoms with Crippen LogP contribution in [0.2, 0.25) is 0 Å². The van der Waals surface area contributed by atoms with Crippen molar-refractivity contribution in [1.29, 1.82) is 0 Å². The second kappa shape index (κ2) is 8.73. The number of ether oxygens (including phenoxy) is 3. The molecule has 0 saturated carbocycles. The van der Waals surface area contributed by atoms with Crippen LogP contribution in [0.3, 0.4) is 0 Å². The molecule has 0 N–H and O–H groups in total. The Kier molecular flexibility index (Phi) is 6.43. The molecule has 1 aliphatic heterocycles. The number of carbonyl (C=O) groups excluding carboxylic acids is 2. The zero-order valence-electron chi connectivity index (χ0n) is 18.9. The maximum atomic E-state index is 12.8. The van der Waals surface area contributed by atoms with Crippen molar-refractivity contribution >= 4 is 22.9 Å². The molecule has 1 aliphatic rings. The van der Waals surface area contributed by atoms with Gasteiger partial charge in [-0.25, -0.2) is 4.79 Å². The third-order valence-corrected chi connectivity index (χ3v) is 5.92. The Morgan fingerprint density at radius 1 is 1.00 bits per heavy atom. The van der Waals surface area contributed by atoms with E-state index >= 15 is 0 Å². The summed E-state index contributed by atoms with van der Waals surface area (Å²) < 4.78 is 23.4. The molecule has 0 spiro atoms. The van der Waals surface area contributed by atoms with E-state index in [1.54, 1.807) is 45.9 Å². The fourth-order valence-electron chi connectivity index (χ4n) is 3.49. The van der Waals surface area contributed by atoms with Crippen LogP contribution in [0.15, 0.2) is 33.5 Å². The van der Waals surface area contributed by atoms with Gasteiger partial charge in [0.05, 0.1) is 17.4 Å². The Morgan fingerprint density at radius 3 is 2.19 bits per heavy atom. The smallest absolute Gasteiger partial charge is 0.336 e.